The Labute approximate surface area is 176 Å². The molecule has 160 valence electrons. The third kappa shape index (κ3) is 6.56. The molecular weight excluding hydrogens is 411 g/mol. The second kappa shape index (κ2) is 9.75. The number of nitrogens with one attached hydrogen (secondary N) is 2. The molecule has 0 saturated heterocycles. The molecule has 0 fully saturated rings. The van der Waals surface area contributed by atoms with Crippen molar-refractivity contribution in [3.8, 4) is 5.75 Å². The number of carbonyl (C=O) groups is 2. The van der Waals surface area contributed by atoms with Crippen molar-refractivity contribution >= 4 is 17.5 Å². The Morgan fingerprint density at radius 3 is 2.52 bits per heavy atom. The molecule has 2 aromatic carbocycles. The number of hydrogen-bond acceptors (Lipinski definition) is 4. The summed E-state index contributed by atoms with van der Waals surface area (Å²) in [5, 5.41) is 4.35. The second-order valence-electron chi connectivity index (χ2n) is 6.48. The minimum Gasteiger partial charge on any atom is -0.489 e. The molecule has 9 heteroatoms. The van der Waals surface area contributed by atoms with Crippen LogP contribution in [0.25, 0.3) is 0 Å². The van der Waals surface area contributed by atoms with E-state index in [-0.39, 0.29) is 23.4 Å². The first kappa shape index (κ1) is 21.8. The molecule has 3 rings (SSSR count). The summed E-state index contributed by atoms with van der Waals surface area (Å²) in [6, 6.07) is 15.8. The van der Waals surface area contributed by atoms with Gasteiger partial charge in [0.25, 0.3) is 11.8 Å². The summed E-state index contributed by atoms with van der Waals surface area (Å²) in [6.07, 6.45) is -1.23. The van der Waals surface area contributed by atoms with Gasteiger partial charge in [0.1, 0.15) is 18.9 Å². The minimum atomic E-state index is -4.54. The lowest BCUT2D eigenvalue weighted by atomic mass is 10.1. The number of nitrogens with zero attached hydrogens (tertiary/aromatic N) is 1. The van der Waals surface area contributed by atoms with E-state index in [9.17, 15) is 22.8 Å². The van der Waals surface area contributed by atoms with Gasteiger partial charge in [-0.05, 0) is 36.4 Å². The van der Waals surface area contributed by atoms with Crippen LogP contribution in [0, 0.1) is 0 Å². The molecule has 0 radical (unpaired) electrons. The Morgan fingerprint density at radius 1 is 0.968 bits per heavy atom. The van der Waals surface area contributed by atoms with Crippen molar-refractivity contribution < 1.29 is 27.5 Å². The Hall–Kier alpha value is -3.88. The highest BCUT2D eigenvalue weighted by atomic mass is 19.4. The molecule has 3 aromatic rings. The summed E-state index contributed by atoms with van der Waals surface area (Å²) in [4.78, 5) is 28.8. The van der Waals surface area contributed by atoms with Gasteiger partial charge in [-0.3, -0.25) is 14.6 Å². The maximum Gasteiger partial charge on any atom is 0.405 e. The molecule has 0 atom stereocenters. The number of carbonyl (C=O) groups excluding carboxylic acids is 2. The smallest absolute Gasteiger partial charge is 0.405 e. The van der Waals surface area contributed by atoms with Crippen molar-refractivity contribution in [2.45, 2.75) is 12.8 Å². The van der Waals surface area contributed by atoms with Crippen LogP contribution in [0.2, 0.25) is 0 Å². The number of benzene rings is 2. The maximum atomic E-state index is 12.6. The Kier molecular flexibility index (Phi) is 6.86. The number of halogens is 3. The maximum absolute atomic E-state index is 12.6. The van der Waals surface area contributed by atoms with E-state index in [1.807, 2.05) is 6.07 Å². The normalized spacial score (nSPS) is 10.9. The number of anilines is 1. The topological polar surface area (TPSA) is 80.3 Å². The number of amides is 2. The van der Waals surface area contributed by atoms with Gasteiger partial charge >= 0.3 is 6.18 Å². The highest BCUT2D eigenvalue weighted by Gasteiger charge is 2.28. The van der Waals surface area contributed by atoms with Crippen LogP contribution in [0.3, 0.4) is 0 Å². The predicted molar refractivity (Wildman–Crippen MR) is 108 cm³/mol. The van der Waals surface area contributed by atoms with E-state index in [2.05, 4.69) is 10.3 Å². The van der Waals surface area contributed by atoms with Gasteiger partial charge in [0.05, 0.1) is 11.3 Å². The van der Waals surface area contributed by atoms with Gasteiger partial charge in [0.15, 0.2) is 0 Å². The molecule has 0 aliphatic carbocycles. The van der Waals surface area contributed by atoms with Crippen molar-refractivity contribution in [3.63, 3.8) is 0 Å². The Morgan fingerprint density at radius 2 is 1.77 bits per heavy atom. The van der Waals surface area contributed by atoms with Gasteiger partial charge in [-0.25, -0.2) is 0 Å². The summed E-state index contributed by atoms with van der Waals surface area (Å²) in [5.41, 5.74) is 1.13. The highest BCUT2D eigenvalue weighted by molar-refractivity contribution is 6.09. The Balaban J connectivity index is 1.68. The SMILES string of the molecule is O=C(Nc1ccccc1C(=O)NCC(F)(F)F)c1cccc(OCc2cccnc2)c1. The van der Waals surface area contributed by atoms with Crippen molar-refractivity contribution in [2.75, 3.05) is 11.9 Å². The standard InChI is InChI=1S/C22H18F3N3O3/c23-22(24,25)14-27-21(30)18-8-1-2-9-19(18)28-20(29)16-6-3-7-17(11-16)31-13-15-5-4-10-26-12-15/h1-12H,13-14H2,(H,27,30)(H,28,29). The fourth-order valence-corrected chi connectivity index (χ4v) is 2.64. The van der Waals surface area contributed by atoms with Crippen molar-refractivity contribution in [1.82, 2.24) is 10.3 Å². The third-order valence-electron chi connectivity index (χ3n) is 4.09. The van der Waals surface area contributed by atoms with E-state index in [0.717, 1.165) is 5.56 Å². The van der Waals surface area contributed by atoms with Gasteiger partial charge in [0, 0.05) is 23.5 Å². The number of rotatable bonds is 7. The number of pyridine rings is 1. The molecular formula is C22H18F3N3O3. The molecule has 31 heavy (non-hydrogen) atoms. The third-order valence-corrected chi connectivity index (χ3v) is 4.09. The number of alkyl halides is 3. The van der Waals surface area contributed by atoms with Gasteiger partial charge < -0.3 is 15.4 Å². The lowest BCUT2D eigenvalue weighted by molar-refractivity contribution is -0.123. The number of aromatic nitrogens is 1. The van der Waals surface area contributed by atoms with E-state index in [1.165, 1.54) is 24.3 Å². The monoisotopic (exact) mass is 429 g/mol. The summed E-state index contributed by atoms with van der Waals surface area (Å²) < 4.78 is 42.8. The predicted octanol–water partition coefficient (Wildman–Crippen LogP) is 4.21. The molecule has 2 N–H and O–H groups in total. The van der Waals surface area contributed by atoms with E-state index in [4.69, 9.17) is 4.74 Å². The Bertz CT molecular complexity index is 1060. The molecule has 0 aliphatic rings. The van der Waals surface area contributed by atoms with Crippen molar-refractivity contribution in [3.05, 3.63) is 89.7 Å². The summed E-state index contributed by atoms with van der Waals surface area (Å²) in [6.45, 7) is -1.20. The lowest BCUT2D eigenvalue weighted by Gasteiger charge is -2.13. The van der Waals surface area contributed by atoms with Crippen LogP contribution >= 0.6 is 0 Å². The molecule has 1 heterocycles. The minimum absolute atomic E-state index is 0.0796. The molecule has 2 amide bonds. The average molecular weight is 429 g/mol. The van der Waals surface area contributed by atoms with E-state index >= 15 is 0 Å². The first-order chi connectivity index (χ1) is 14.8. The first-order valence-corrected chi connectivity index (χ1v) is 9.19. The van der Waals surface area contributed by atoms with E-state index in [0.29, 0.717) is 5.75 Å². The van der Waals surface area contributed by atoms with Gasteiger partial charge in [-0.15, -0.1) is 0 Å². The summed E-state index contributed by atoms with van der Waals surface area (Å²) >= 11 is 0. The first-order valence-electron chi connectivity index (χ1n) is 9.19. The quantitative estimate of drug-likeness (QED) is 0.590. The van der Waals surface area contributed by atoms with Gasteiger partial charge in [-0.1, -0.05) is 24.3 Å². The van der Waals surface area contributed by atoms with Crippen molar-refractivity contribution in [2.24, 2.45) is 0 Å². The van der Waals surface area contributed by atoms with Gasteiger partial charge in [0.2, 0.25) is 0 Å². The van der Waals surface area contributed by atoms with Gasteiger partial charge in [-0.2, -0.15) is 13.2 Å². The number of hydrogen-bond donors (Lipinski definition) is 2. The van der Waals surface area contributed by atoms with Crippen molar-refractivity contribution in [1.29, 1.82) is 0 Å². The molecule has 0 spiro atoms. The lowest BCUT2D eigenvalue weighted by Crippen LogP contribution is -2.34. The average Bonchev–Trinajstić information content (AvgIpc) is 2.77. The molecule has 0 bridgehead atoms. The van der Waals surface area contributed by atoms with Crippen LogP contribution < -0.4 is 15.4 Å². The molecule has 1 aromatic heterocycles. The second-order valence-corrected chi connectivity index (χ2v) is 6.48. The number of para-hydroxylation sites is 1. The molecule has 6 nitrogen and oxygen atoms in total. The van der Waals surface area contributed by atoms with Crippen LogP contribution in [-0.4, -0.2) is 29.5 Å². The van der Waals surface area contributed by atoms with Crippen LogP contribution in [0.5, 0.6) is 5.75 Å². The van der Waals surface area contributed by atoms with Crippen LogP contribution in [-0.2, 0) is 6.61 Å². The largest absolute Gasteiger partial charge is 0.489 e. The summed E-state index contributed by atoms with van der Waals surface area (Å²) in [7, 11) is 0. The van der Waals surface area contributed by atoms with Crippen LogP contribution in [0.15, 0.2) is 73.1 Å². The highest BCUT2D eigenvalue weighted by Crippen LogP contribution is 2.20. The molecule has 0 saturated carbocycles. The van der Waals surface area contributed by atoms with E-state index in [1.54, 1.807) is 48.0 Å². The van der Waals surface area contributed by atoms with Crippen LogP contribution in [0.4, 0.5) is 18.9 Å². The zero-order valence-corrected chi connectivity index (χ0v) is 16.1. The number of ether oxygens (including phenoxy) is 1. The van der Waals surface area contributed by atoms with E-state index < -0.39 is 24.5 Å². The zero-order chi connectivity index (χ0) is 22.3. The fraction of sp³-hybridized carbons (Fsp3) is 0.136. The fourth-order valence-electron chi connectivity index (χ4n) is 2.64. The molecule has 0 aliphatic heterocycles. The summed E-state index contributed by atoms with van der Waals surface area (Å²) in [5.74, 6) is -1.03. The zero-order valence-electron chi connectivity index (χ0n) is 16.1. The molecule has 0 unspecified atom stereocenters. The van der Waals surface area contributed by atoms with Crippen LogP contribution in [0.1, 0.15) is 26.3 Å².